The summed E-state index contributed by atoms with van der Waals surface area (Å²) < 4.78 is 27.7. The topological polar surface area (TPSA) is 69.2 Å². The number of halogens is 2. The second-order valence-electron chi connectivity index (χ2n) is 6.15. The van der Waals surface area contributed by atoms with Gasteiger partial charge in [-0.25, -0.2) is 8.78 Å². The minimum absolute atomic E-state index is 0.0423. The van der Waals surface area contributed by atoms with Crippen molar-refractivity contribution in [1.29, 1.82) is 0 Å². The maximum absolute atomic E-state index is 14.2. The van der Waals surface area contributed by atoms with Crippen molar-refractivity contribution in [3.8, 4) is 0 Å². The molecule has 0 aliphatic carbocycles. The largest absolute Gasteiger partial charge is 0.391 e. The first kappa shape index (κ1) is 15.7. The number of fused-ring (bicyclic) bond motifs is 1. The minimum Gasteiger partial charge on any atom is -0.391 e. The number of aromatic nitrogens is 2. The second kappa shape index (κ2) is 5.93. The molecule has 1 fully saturated rings. The zero-order chi connectivity index (χ0) is 17.6. The fourth-order valence-corrected chi connectivity index (χ4v) is 3.37. The fourth-order valence-electron chi connectivity index (χ4n) is 3.37. The summed E-state index contributed by atoms with van der Waals surface area (Å²) in [6, 6.07) is 9.54. The summed E-state index contributed by atoms with van der Waals surface area (Å²) in [7, 11) is 0. The number of aromatic amines is 1. The molecule has 1 amide bonds. The van der Waals surface area contributed by atoms with E-state index in [0.29, 0.717) is 10.9 Å². The summed E-state index contributed by atoms with van der Waals surface area (Å²) in [4.78, 5) is 14.3. The van der Waals surface area contributed by atoms with Gasteiger partial charge in [-0.2, -0.15) is 5.10 Å². The Morgan fingerprint density at radius 2 is 2.04 bits per heavy atom. The number of para-hydroxylation sites is 1. The molecule has 0 radical (unpaired) electrons. The minimum atomic E-state index is -0.804. The molecule has 2 N–H and O–H groups in total. The van der Waals surface area contributed by atoms with Crippen molar-refractivity contribution in [2.75, 3.05) is 6.54 Å². The number of carbonyl (C=O) groups excluding carboxylic acids is 1. The van der Waals surface area contributed by atoms with E-state index in [-0.39, 0.29) is 24.2 Å². The van der Waals surface area contributed by atoms with E-state index in [4.69, 9.17) is 0 Å². The van der Waals surface area contributed by atoms with Crippen LogP contribution in [0.3, 0.4) is 0 Å². The quantitative estimate of drug-likeness (QED) is 0.752. The van der Waals surface area contributed by atoms with Crippen LogP contribution in [0.4, 0.5) is 8.78 Å². The number of nitrogens with zero attached hydrogens (tertiary/aromatic N) is 2. The van der Waals surface area contributed by atoms with E-state index < -0.39 is 29.7 Å². The lowest BCUT2D eigenvalue weighted by atomic mass is 10.0. The van der Waals surface area contributed by atoms with E-state index in [9.17, 15) is 18.7 Å². The number of hydrogen-bond donors (Lipinski definition) is 2. The first-order valence-corrected chi connectivity index (χ1v) is 7.91. The molecular formula is C18H15F2N3O2. The SMILES string of the molecule is O=C(c1n[nH]c2ccccc12)N1CC(O)CC1c1cc(F)ccc1F. The maximum atomic E-state index is 14.2. The Bertz CT molecular complexity index is 956. The van der Waals surface area contributed by atoms with Crippen LogP contribution in [0.25, 0.3) is 10.9 Å². The van der Waals surface area contributed by atoms with Gasteiger partial charge in [0.15, 0.2) is 5.69 Å². The van der Waals surface area contributed by atoms with Crippen LogP contribution in [0.15, 0.2) is 42.5 Å². The number of amides is 1. The van der Waals surface area contributed by atoms with E-state index in [0.717, 1.165) is 18.2 Å². The molecular weight excluding hydrogens is 328 g/mol. The van der Waals surface area contributed by atoms with Gasteiger partial charge in [-0.05, 0) is 30.7 Å². The van der Waals surface area contributed by atoms with Crippen molar-refractivity contribution in [3.63, 3.8) is 0 Å². The lowest BCUT2D eigenvalue weighted by Crippen LogP contribution is -2.32. The van der Waals surface area contributed by atoms with Gasteiger partial charge in [0.25, 0.3) is 5.91 Å². The third-order valence-electron chi connectivity index (χ3n) is 4.53. The molecule has 5 nitrogen and oxygen atoms in total. The molecule has 0 saturated carbocycles. The average molecular weight is 343 g/mol. The monoisotopic (exact) mass is 343 g/mol. The first-order valence-electron chi connectivity index (χ1n) is 7.91. The average Bonchev–Trinajstić information content (AvgIpc) is 3.20. The van der Waals surface area contributed by atoms with Gasteiger partial charge in [-0.15, -0.1) is 0 Å². The van der Waals surface area contributed by atoms with E-state index >= 15 is 0 Å². The third-order valence-corrected chi connectivity index (χ3v) is 4.53. The molecule has 0 bridgehead atoms. The molecule has 1 aliphatic rings. The number of rotatable bonds is 2. The van der Waals surface area contributed by atoms with Gasteiger partial charge in [0.05, 0.1) is 17.7 Å². The fraction of sp³-hybridized carbons (Fsp3) is 0.222. The van der Waals surface area contributed by atoms with Crippen molar-refractivity contribution in [3.05, 3.63) is 65.4 Å². The Morgan fingerprint density at radius 3 is 2.88 bits per heavy atom. The van der Waals surface area contributed by atoms with Crippen LogP contribution in [-0.4, -0.2) is 38.8 Å². The van der Waals surface area contributed by atoms with Gasteiger partial charge in [-0.1, -0.05) is 18.2 Å². The predicted molar refractivity (Wildman–Crippen MR) is 86.9 cm³/mol. The molecule has 1 saturated heterocycles. The Kier molecular flexibility index (Phi) is 3.73. The number of H-pyrrole nitrogens is 1. The molecule has 2 heterocycles. The van der Waals surface area contributed by atoms with Crippen molar-refractivity contribution in [1.82, 2.24) is 15.1 Å². The third kappa shape index (κ3) is 2.66. The Labute approximate surface area is 141 Å². The molecule has 1 aromatic heterocycles. The number of aliphatic hydroxyl groups is 1. The standard InChI is InChI=1S/C18H15F2N3O2/c19-10-5-6-14(20)13(7-10)16-8-11(24)9-23(16)18(25)17-12-3-1-2-4-15(12)21-22-17/h1-7,11,16,24H,8-9H2,(H,21,22). The summed E-state index contributed by atoms with van der Waals surface area (Å²) in [5, 5.41) is 17.5. The van der Waals surface area contributed by atoms with Crippen molar-refractivity contribution >= 4 is 16.8 Å². The van der Waals surface area contributed by atoms with Crippen LogP contribution in [0.1, 0.15) is 28.5 Å². The van der Waals surface area contributed by atoms with Crippen molar-refractivity contribution in [2.24, 2.45) is 0 Å². The summed E-state index contributed by atoms with van der Waals surface area (Å²) in [6.45, 7) is 0.0423. The molecule has 2 aromatic carbocycles. The zero-order valence-corrected chi connectivity index (χ0v) is 13.1. The van der Waals surface area contributed by atoms with E-state index in [1.54, 1.807) is 18.2 Å². The van der Waals surface area contributed by atoms with Gasteiger partial charge in [0, 0.05) is 17.5 Å². The zero-order valence-electron chi connectivity index (χ0n) is 13.1. The number of aliphatic hydroxyl groups excluding tert-OH is 1. The van der Waals surface area contributed by atoms with Gasteiger partial charge in [0.1, 0.15) is 11.6 Å². The van der Waals surface area contributed by atoms with Gasteiger partial charge < -0.3 is 10.0 Å². The number of likely N-dealkylation sites (tertiary alicyclic amines) is 1. The Balaban J connectivity index is 1.74. The molecule has 7 heteroatoms. The van der Waals surface area contributed by atoms with E-state index in [2.05, 4.69) is 10.2 Å². The molecule has 25 heavy (non-hydrogen) atoms. The van der Waals surface area contributed by atoms with Crippen molar-refractivity contribution < 1.29 is 18.7 Å². The smallest absolute Gasteiger partial charge is 0.275 e. The van der Waals surface area contributed by atoms with Gasteiger partial charge in [-0.3, -0.25) is 9.89 Å². The number of benzene rings is 2. The lowest BCUT2D eigenvalue weighted by Gasteiger charge is -2.24. The van der Waals surface area contributed by atoms with E-state index in [1.807, 2.05) is 6.07 Å². The molecule has 0 spiro atoms. The molecule has 3 aromatic rings. The lowest BCUT2D eigenvalue weighted by molar-refractivity contribution is 0.0709. The highest BCUT2D eigenvalue weighted by atomic mass is 19.1. The summed E-state index contributed by atoms with van der Waals surface area (Å²) >= 11 is 0. The number of nitrogens with one attached hydrogen (secondary N) is 1. The molecule has 4 rings (SSSR count). The van der Waals surface area contributed by atoms with Crippen LogP contribution >= 0.6 is 0 Å². The van der Waals surface area contributed by atoms with Crippen LogP contribution in [0.5, 0.6) is 0 Å². The second-order valence-corrected chi connectivity index (χ2v) is 6.15. The van der Waals surface area contributed by atoms with Crippen LogP contribution in [0.2, 0.25) is 0 Å². The summed E-state index contributed by atoms with van der Waals surface area (Å²) in [6.07, 6.45) is -0.657. The van der Waals surface area contributed by atoms with Crippen LogP contribution in [0, 0.1) is 11.6 Å². The van der Waals surface area contributed by atoms with Gasteiger partial charge >= 0.3 is 0 Å². The van der Waals surface area contributed by atoms with Crippen LogP contribution < -0.4 is 0 Å². The maximum Gasteiger partial charge on any atom is 0.275 e. The summed E-state index contributed by atoms with van der Waals surface area (Å²) in [5.74, 6) is -1.62. The predicted octanol–water partition coefficient (Wildman–Crippen LogP) is 2.79. The highest BCUT2D eigenvalue weighted by molar-refractivity contribution is 6.04. The van der Waals surface area contributed by atoms with E-state index in [1.165, 1.54) is 4.90 Å². The molecule has 2 atom stereocenters. The van der Waals surface area contributed by atoms with Gasteiger partial charge in [0.2, 0.25) is 0 Å². The Hall–Kier alpha value is -2.80. The molecule has 1 aliphatic heterocycles. The number of β-amino-alcohol motifs (C(OH)–C–C–N with tert-alkyl or cyclic N) is 1. The first-order chi connectivity index (χ1) is 12.0. The normalized spacial score (nSPS) is 20.4. The number of hydrogen-bond acceptors (Lipinski definition) is 3. The summed E-state index contributed by atoms with van der Waals surface area (Å²) in [5.41, 5.74) is 0.968. The highest BCUT2D eigenvalue weighted by Crippen LogP contribution is 2.35. The molecule has 128 valence electrons. The highest BCUT2D eigenvalue weighted by Gasteiger charge is 2.38. The number of carbonyl (C=O) groups is 1. The molecule has 2 unspecified atom stereocenters. The van der Waals surface area contributed by atoms with Crippen molar-refractivity contribution in [2.45, 2.75) is 18.6 Å². The van der Waals surface area contributed by atoms with Crippen LogP contribution in [-0.2, 0) is 0 Å². The Morgan fingerprint density at radius 1 is 1.24 bits per heavy atom.